The van der Waals surface area contributed by atoms with Crippen LogP contribution < -0.4 is 0 Å². The topological polar surface area (TPSA) is 23.6 Å². The highest BCUT2D eigenvalue weighted by molar-refractivity contribution is 5.57. The van der Waals surface area contributed by atoms with Crippen LogP contribution in [0.25, 0.3) is 0 Å². The van der Waals surface area contributed by atoms with E-state index in [1.165, 1.54) is 11.1 Å². The van der Waals surface area contributed by atoms with Crippen LogP contribution in [0.15, 0.2) is 60.7 Å². The Kier molecular flexibility index (Phi) is 5.78. The Balaban J connectivity index is 1.75. The normalized spacial score (nSPS) is 21.8. The molecule has 2 aromatic carbocycles. The minimum atomic E-state index is 0.0801. The third kappa shape index (κ3) is 4.31. The molecule has 0 amide bonds. The molecule has 0 aromatic heterocycles. The minimum Gasteiger partial charge on any atom is -0.302 e. The van der Waals surface area contributed by atoms with Crippen LogP contribution in [0.1, 0.15) is 24.0 Å². The average molecular weight is 322 g/mol. The van der Waals surface area contributed by atoms with Crippen molar-refractivity contribution in [2.24, 2.45) is 0 Å². The second-order valence-corrected chi connectivity index (χ2v) is 6.75. The summed E-state index contributed by atoms with van der Waals surface area (Å²) in [4.78, 5) is 15.9. The Hall–Kier alpha value is -1.97. The van der Waals surface area contributed by atoms with Crippen molar-refractivity contribution < 1.29 is 4.79 Å². The molecule has 24 heavy (non-hydrogen) atoms. The number of benzene rings is 2. The molecule has 1 aliphatic heterocycles. The van der Waals surface area contributed by atoms with Crippen molar-refractivity contribution in [2.75, 3.05) is 13.6 Å². The molecule has 0 aliphatic carbocycles. The van der Waals surface area contributed by atoms with Gasteiger partial charge in [-0.3, -0.25) is 9.80 Å². The summed E-state index contributed by atoms with van der Waals surface area (Å²) < 4.78 is 0. The van der Waals surface area contributed by atoms with Crippen LogP contribution in [0.4, 0.5) is 0 Å². The van der Waals surface area contributed by atoms with E-state index in [0.29, 0.717) is 6.04 Å². The van der Waals surface area contributed by atoms with Gasteiger partial charge < -0.3 is 4.79 Å². The minimum absolute atomic E-state index is 0.0801. The van der Waals surface area contributed by atoms with Crippen LogP contribution in [0.5, 0.6) is 0 Å². The zero-order chi connectivity index (χ0) is 16.8. The summed E-state index contributed by atoms with van der Waals surface area (Å²) in [5.74, 6) is 0. The Morgan fingerprint density at radius 1 is 0.958 bits per heavy atom. The summed E-state index contributed by atoms with van der Waals surface area (Å²) >= 11 is 0. The number of likely N-dealkylation sites (tertiary alicyclic amines) is 1. The standard InChI is InChI=1S/C21H26N2O/c1-22-16-20(12-13-21(22)17-24)23(14-18-8-4-2-5-9-18)15-19-10-6-3-7-11-19/h2-11,17,20-21H,12-16H2,1H3/t20-,21?/m0/s1. The van der Waals surface area contributed by atoms with Gasteiger partial charge in [-0.1, -0.05) is 60.7 Å². The smallest absolute Gasteiger partial charge is 0.137 e. The summed E-state index contributed by atoms with van der Waals surface area (Å²) in [7, 11) is 2.06. The first kappa shape index (κ1) is 16.9. The molecular formula is C21H26N2O. The van der Waals surface area contributed by atoms with E-state index in [2.05, 4.69) is 77.5 Å². The van der Waals surface area contributed by atoms with Crippen molar-refractivity contribution in [1.29, 1.82) is 0 Å². The molecule has 1 saturated heterocycles. The van der Waals surface area contributed by atoms with Crippen LogP contribution in [-0.4, -0.2) is 41.8 Å². The van der Waals surface area contributed by atoms with Gasteiger partial charge in [0.25, 0.3) is 0 Å². The lowest BCUT2D eigenvalue weighted by Crippen LogP contribution is -2.50. The molecule has 0 N–H and O–H groups in total. The van der Waals surface area contributed by atoms with Crippen molar-refractivity contribution in [3.05, 3.63) is 71.8 Å². The van der Waals surface area contributed by atoms with Crippen molar-refractivity contribution in [3.8, 4) is 0 Å². The van der Waals surface area contributed by atoms with Gasteiger partial charge in [-0.25, -0.2) is 0 Å². The van der Waals surface area contributed by atoms with Crippen LogP contribution >= 0.6 is 0 Å². The Bertz CT molecular complexity index is 587. The highest BCUT2D eigenvalue weighted by atomic mass is 16.1. The summed E-state index contributed by atoms with van der Waals surface area (Å²) in [6.07, 6.45) is 3.12. The fraction of sp³-hybridized carbons (Fsp3) is 0.381. The lowest BCUT2D eigenvalue weighted by Gasteiger charge is -2.40. The van der Waals surface area contributed by atoms with Gasteiger partial charge in [-0.05, 0) is 31.0 Å². The van der Waals surface area contributed by atoms with E-state index < -0.39 is 0 Å². The maximum Gasteiger partial charge on any atom is 0.137 e. The number of carbonyl (C=O) groups excluding carboxylic acids is 1. The predicted molar refractivity (Wildman–Crippen MR) is 97.6 cm³/mol. The average Bonchev–Trinajstić information content (AvgIpc) is 2.63. The van der Waals surface area contributed by atoms with E-state index in [9.17, 15) is 4.79 Å². The van der Waals surface area contributed by atoms with Gasteiger partial charge >= 0.3 is 0 Å². The van der Waals surface area contributed by atoms with Gasteiger partial charge in [0.1, 0.15) is 6.29 Å². The summed E-state index contributed by atoms with van der Waals surface area (Å²) in [5.41, 5.74) is 2.68. The van der Waals surface area contributed by atoms with Crippen molar-refractivity contribution >= 4 is 6.29 Å². The number of aldehydes is 1. The third-order valence-electron chi connectivity index (χ3n) is 4.99. The Morgan fingerprint density at radius 2 is 1.50 bits per heavy atom. The van der Waals surface area contributed by atoms with E-state index in [1.54, 1.807) is 0 Å². The highest BCUT2D eigenvalue weighted by Gasteiger charge is 2.29. The van der Waals surface area contributed by atoms with Crippen LogP contribution in [-0.2, 0) is 17.9 Å². The number of rotatable bonds is 6. The van der Waals surface area contributed by atoms with Gasteiger partial charge in [-0.2, -0.15) is 0 Å². The number of carbonyl (C=O) groups is 1. The second-order valence-electron chi connectivity index (χ2n) is 6.75. The van der Waals surface area contributed by atoms with Crippen molar-refractivity contribution in [1.82, 2.24) is 9.80 Å². The van der Waals surface area contributed by atoms with Gasteiger partial charge in [0.2, 0.25) is 0 Å². The molecule has 2 aromatic rings. The van der Waals surface area contributed by atoms with Gasteiger partial charge in [-0.15, -0.1) is 0 Å². The molecule has 0 saturated carbocycles. The first-order valence-electron chi connectivity index (χ1n) is 8.73. The zero-order valence-corrected chi connectivity index (χ0v) is 14.3. The number of hydrogen-bond acceptors (Lipinski definition) is 3. The maximum atomic E-state index is 11.2. The van der Waals surface area contributed by atoms with E-state index in [4.69, 9.17) is 0 Å². The monoisotopic (exact) mass is 322 g/mol. The number of likely N-dealkylation sites (N-methyl/N-ethyl adjacent to an activating group) is 1. The zero-order valence-electron chi connectivity index (χ0n) is 14.3. The Labute approximate surface area is 144 Å². The number of hydrogen-bond donors (Lipinski definition) is 0. The summed E-state index contributed by atoms with van der Waals surface area (Å²) in [5, 5.41) is 0. The molecule has 1 fully saturated rings. The van der Waals surface area contributed by atoms with Crippen LogP contribution in [0.2, 0.25) is 0 Å². The van der Waals surface area contributed by atoms with Gasteiger partial charge in [0.05, 0.1) is 6.04 Å². The van der Waals surface area contributed by atoms with E-state index in [-0.39, 0.29) is 6.04 Å². The van der Waals surface area contributed by atoms with Gasteiger partial charge in [0.15, 0.2) is 0 Å². The number of piperidine rings is 1. The molecule has 3 nitrogen and oxygen atoms in total. The molecule has 126 valence electrons. The summed E-state index contributed by atoms with van der Waals surface area (Å²) in [6, 6.07) is 21.9. The quantitative estimate of drug-likeness (QED) is 0.762. The predicted octanol–water partition coefficient (Wildman–Crippen LogP) is 3.35. The van der Waals surface area contributed by atoms with Crippen LogP contribution in [0.3, 0.4) is 0 Å². The molecule has 2 atom stereocenters. The first-order chi connectivity index (χ1) is 11.8. The molecule has 0 spiro atoms. The molecule has 1 unspecified atom stereocenters. The molecule has 0 radical (unpaired) electrons. The van der Waals surface area contributed by atoms with Crippen molar-refractivity contribution in [3.63, 3.8) is 0 Å². The fourth-order valence-corrected chi connectivity index (χ4v) is 3.56. The molecule has 0 bridgehead atoms. The first-order valence-corrected chi connectivity index (χ1v) is 8.73. The lowest BCUT2D eigenvalue weighted by atomic mass is 9.97. The lowest BCUT2D eigenvalue weighted by molar-refractivity contribution is -0.113. The maximum absolute atomic E-state index is 11.2. The largest absolute Gasteiger partial charge is 0.302 e. The SMILES string of the molecule is CN1C[C@@H](N(Cc2ccccc2)Cc2ccccc2)CCC1C=O. The van der Waals surface area contributed by atoms with E-state index in [0.717, 1.165) is 38.8 Å². The second kappa shape index (κ2) is 8.22. The number of nitrogens with zero attached hydrogens (tertiary/aromatic N) is 2. The Morgan fingerprint density at radius 3 is 1.96 bits per heavy atom. The molecule has 3 rings (SSSR count). The highest BCUT2D eigenvalue weighted by Crippen LogP contribution is 2.22. The molecule has 3 heteroatoms. The van der Waals surface area contributed by atoms with E-state index in [1.807, 2.05) is 0 Å². The van der Waals surface area contributed by atoms with Gasteiger partial charge in [0, 0.05) is 25.7 Å². The third-order valence-corrected chi connectivity index (χ3v) is 4.99. The van der Waals surface area contributed by atoms with Crippen LogP contribution in [0, 0.1) is 0 Å². The molecule has 1 aliphatic rings. The van der Waals surface area contributed by atoms with Crippen molar-refractivity contribution in [2.45, 2.75) is 38.0 Å². The van der Waals surface area contributed by atoms with E-state index >= 15 is 0 Å². The summed E-state index contributed by atoms with van der Waals surface area (Å²) in [6.45, 7) is 2.84. The molecular weight excluding hydrogens is 296 g/mol. The molecule has 1 heterocycles. The fourth-order valence-electron chi connectivity index (χ4n) is 3.56.